The number of anilines is 1. The number of esters is 1. The van der Waals surface area contributed by atoms with E-state index < -0.39 is 0 Å². The van der Waals surface area contributed by atoms with Gasteiger partial charge in [0, 0.05) is 10.8 Å². The van der Waals surface area contributed by atoms with E-state index in [2.05, 4.69) is 5.32 Å². The third-order valence-corrected chi connectivity index (χ3v) is 6.37. The van der Waals surface area contributed by atoms with Gasteiger partial charge in [0.25, 0.3) is 0 Å². The van der Waals surface area contributed by atoms with Crippen molar-refractivity contribution in [3.63, 3.8) is 0 Å². The molecule has 3 aliphatic rings. The van der Waals surface area contributed by atoms with Crippen molar-refractivity contribution >= 4 is 28.2 Å². The Kier molecular flexibility index (Phi) is 3.06. The zero-order valence-corrected chi connectivity index (χ0v) is 12.9. The van der Waals surface area contributed by atoms with Gasteiger partial charge in [-0.2, -0.15) is 0 Å². The monoisotopic (exact) mass is 305 g/mol. The number of fused-ring (bicyclic) bond motifs is 2. The Morgan fingerprint density at radius 3 is 2.67 bits per heavy atom. The van der Waals surface area contributed by atoms with Crippen LogP contribution in [0.25, 0.3) is 0 Å². The van der Waals surface area contributed by atoms with Gasteiger partial charge in [0.2, 0.25) is 5.91 Å². The fraction of sp³-hybridized carbons (Fsp3) is 0.625. The molecule has 2 saturated carbocycles. The van der Waals surface area contributed by atoms with Crippen LogP contribution in [-0.2, 0) is 22.4 Å². The number of aryl methyl sites for hydroxylation is 1. The standard InChI is InChI=1S/C16H19NO3S/c1-20-16(19)13-11-3-2-4-12(11)21-15(13)17-14(18)10-6-8-5-9(8)7-10/h8-10H,2-7H2,1H3,(H,17,18). The molecule has 2 atom stereocenters. The van der Waals surface area contributed by atoms with Crippen LogP contribution >= 0.6 is 11.3 Å². The van der Waals surface area contributed by atoms with Crippen LogP contribution in [0.3, 0.4) is 0 Å². The number of rotatable bonds is 3. The normalized spacial score (nSPS) is 28.9. The van der Waals surface area contributed by atoms with Gasteiger partial charge in [0.1, 0.15) is 5.00 Å². The fourth-order valence-corrected chi connectivity index (χ4v) is 5.23. The lowest BCUT2D eigenvalue weighted by Gasteiger charge is -2.12. The summed E-state index contributed by atoms with van der Waals surface area (Å²) in [5.74, 6) is 1.48. The van der Waals surface area contributed by atoms with Gasteiger partial charge in [-0.25, -0.2) is 4.79 Å². The van der Waals surface area contributed by atoms with Crippen molar-refractivity contribution in [2.75, 3.05) is 12.4 Å². The van der Waals surface area contributed by atoms with E-state index in [0.29, 0.717) is 10.6 Å². The molecule has 0 radical (unpaired) electrons. The first-order valence-electron chi connectivity index (χ1n) is 7.71. The summed E-state index contributed by atoms with van der Waals surface area (Å²) in [5.41, 5.74) is 1.70. The maximum Gasteiger partial charge on any atom is 0.341 e. The van der Waals surface area contributed by atoms with Gasteiger partial charge < -0.3 is 10.1 Å². The summed E-state index contributed by atoms with van der Waals surface area (Å²) in [7, 11) is 1.40. The maximum absolute atomic E-state index is 12.4. The molecule has 1 aromatic rings. The van der Waals surface area contributed by atoms with Crippen LogP contribution < -0.4 is 5.32 Å². The van der Waals surface area contributed by atoms with E-state index >= 15 is 0 Å². The second-order valence-corrected chi connectivity index (χ2v) is 7.57. The second kappa shape index (κ2) is 4.83. The summed E-state index contributed by atoms with van der Waals surface area (Å²) < 4.78 is 4.91. The predicted octanol–water partition coefficient (Wildman–Crippen LogP) is 3.01. The molecule has 4 rings (SSSR count). The van der Waals surface area contributed by atoms with Gasteiger partial charge in [-0.1, -0.05) is 0 Å². The maximum atomic E-state index is 12.4. The van der Waals surface area contributed by atoms with Gasteiger partial charge in [-0.05, 0) is 55.9 Å². The summed E-state index contributed by atoms with van der Waals surface area (Å²) >= 11 is 1.56. The molecule has 112 valence electrons. The topological polar surface area (TPSA) is 55.4 Å². The first-order valence-corrected chi connectivity index (χ1v) is 8.52. The molecule has 0 saturated heterocycles. The lowest BCUT2D eigenvalue weighted by Crippen LogP contribution is -2.22. The van der Waals surface area contributed by atoms with E-state index in [1.165, 1.54) is 18.4 Å². The zero-order chi connectivity index (χ0) is 14.6. The molecule has 0 aromatic carbocycles. The average Bonchev–Trinajstić information content (AvgIpc) is 2.85. The molecule has 21 heavy (non-hydrogen) atoms. The highest BCUT2D eigenvalue weighted by molar-refractivity contribution is 7.17. The summed E-state index contributed by atoms with van der Waals surface area (Å²) in [6, 6.07) is 0. The summed E-state index contributed by atoms with van der Waals surface area (Å²) in [4.78, 5) is 25.7. The number of hydrogen-bond donors (Lipinski definition) is 1. The van der Waals surface area contributed by atoms with E-state index in [0.717, 1.165) is 49.5 Å². The van der Waals surface area contributed by atoms with Gasteiger partial charge >= 0.3 is 5.97 Å². The Morgan fingerprint density at radius 2 is 1.95 bits per heavy atom. The van der Waals surface area contributed by atoms with Crippen molar-refractivity contribution in [3.05, 3.63) is 16.0 Å². The number of amides is 1. The van der Waals surface area contributed by atoms with Crippen LogP contribution in [0.1, 0.15) is 46.5 Å². The van der Waals surface area contributed by atoms with Crippen LogP contribution in [0.5, 0.6) is 0 Å². The number of thiophene rings is 1. The molecule has 1 amide bonds. The van der Waals surface area contributed by atoms with Gasteiger partial charge in [0.05, 0.1) is 12.7 Å². The van der Waals surface area contributed by atoms with Crippen LogP contribution in [-0.4, -0.2) is 19.0 Å². The van der Waals surface area contributed by atoms with Crippen LogP contribution in [0.2, 0.25) is 0 Å². The molecular weight excluding hydrogens is 286 g/mol. The highest BCUT2D eigenvalue weighted by atomic mass is 32.1. The third-order valence-electron chi connectivity index (χ3n) is 5.16. The van der Waals surface area contributed by atoms with Gasteiger partial charge in [-0.15, -0.1) is 11.3 Å². The zero-order valence-electron chi connectivity index (χ0n) is 12.1. The summed E-state index contributed by atoms with van der Waals surface area (Å²) in [5, 5.41) is 3.72. The molecular formula is C16H19NO3S. The Balaban J connectivity index is 1.56. The van der Waals surface area contributed by atoms with Crippen molar-refractivity contribution in [2.45, 2.75) is 38.5 Å². The molecule has 0 bridgehead atoms. The average molecular weight is 305 g/mol. The molecule has 2 unspecified atom stereocenters. The molecule has 3 aliphatic carbocycles. The molecule has 0 aliphatic heterocycles. The van der Waals surface area contributed by atoms with Crippen molar-refractivity contribution in [2.24, 2.45) is 17.8 Å². The number of ether oxygens (including phenoxy) is 1. The largest absolute Gasteiger partial charge is 0.465 e. The van der Waals surface area contributed by atoms with Crippen molar-refractivity contribution in [3.8, 4) is 0 Å². The summed E-state index contributed by atoms with van der Waals surface area (Å²) in [6.07, 6.45) is 6.37. The third kappa shape index (κ3) is 2.18. The van der Waals surface area contributed by atoms with E-state index in [1.807, 2.05) is 0 Å². The van der Waals surface area contributed by atoms with Crippen LogP contribution in [0.15, 0.2) is 0 Å². The SMILES string of the molecule is COC(=O)c1c(NC(=O)C2CC3CC3C2)sc2c1CCC2. The molecule has 1 N–H and O–H groups in total. The fourth-order valence-electron chi connectivity index (χ4n) is 3.95. The Morgan fingerprint density at radius 1 is 1.19 bits per heavy atom. The Labute approximate surface area is 127 Å². The van der Waals surface area contributed by atoms with Crippen molar-refractivity contribution in [1.29, 1.82) is 0 Å². The molecule has 0 spiro atoms. The van der Waals surface area contributed by atoms with Gasteiger partial charge in [-0.3, -0.25) is 4.79 Å². The van der Waals surface area contributed by atoms with Crippen molar-refractivity contribution < 1.29 is 14.3 Å². The van der Waals surface area contributed by atoms with E-state index in [-0.39, 0.29) is 17.8 Å². The Bertz CT molecular complexity index is 611. The molecule has 1 aromatic heterocycles. The number of methoxy groups -OCH3 is 1. The first-order chi connectivity index (χ1) is 10.2. The van der Waals surface area contributed by atoms with E-state index in [9.17, 15) is 9.59 Å². The minimum atomic E-state index is -0.320. The van der Waals surface area contributed by atoms with Gasteiger partial charge in [0.15, 0.2) is 0 Å². The minimum absolute atomic E-state index is 0.0901. The lowest BCUT2D eigenvalue weighted by atomic mass is 10.0. The number of carbonyl (C=O) groups is 2. The number of carbonyl (C=O) groups excluding carboxylic acids is 2. The molecule has 4 nitrogen and oxygen atoms in total. The highest BCUT2D eigenvalue weighted by Gasteiger charge is 2.48. The van der Waals surface area contributed by atoms with E-state index in [4.69, 9.17) is 4.74 Å². The smallest absolute Gasteiger partial charge is 0.341 e. The number of nitrogens with one attached hydrogen (secondary N) is 1. The van der Waals surface area contributed by atoms with E-state index in [1.54, 1.807) is 11.3 Å². The molecule has 5 heteroatoms. The number of hydrogen-bond acceptors (Lipinski definition) is 4. The lowest BCUT2D eigenvalue weighted by molar-refractivity contribution is -0.119. The van der Waals surface area contributed by atoms with Crippen LogP contribution in [0, 0.1) is 17.8 Å². The second-order valence-electron chi connectivity index (χ2n) is 6.47. The molecule has 1 heterocycles. The highest BCUT2D eigenvalue weighted by Crippen LogP contribution is 2.54. The quantitative estimate of drug-likeness (QED) is 0.873. The predicted molar refractivity (Wildman–Crippen MR) is 80.6 cm³/mol. The van der Waals surface area contributed by atoms with Crippen LogP contribution in [0.4, 0.5) is 5.00 Å². The summed E-state index contributed by atoms with van der Waals surface area (Å²) in [6.45, 7) is 0. The first kappa shape index (κ1) is 13.3. The Hall–Kier alpha value is -1.36. The van der Waals surface area contributed by atoms with Crippen molar-refractivity contribution in [1.82, 2.24) is 0 Å². The molecule has 2 fully saturated rings. The minimum Gasteiger partial charge on any atom is -0.465 e.